The van der Waals surface area contributed by atoms with Gasteiger partial charge in [-0.3, -0.25) is 9.59 Å². The number of carbonyl (C=O) groups is 2. The number of rotatable bonds is 3. The second kappa shape index (κ2) is 7.18. The molecule has 27 heavy (non-hydrogen) atoms. The van der Waals surface area contributed by atoms with Crippen molar-refractivity contribution in [3.05, 3.63) is 47.7 Å². The minimum atomic E-state index is -0.107. The highest BCUT2D eigenvalue weighted by Gasteiger charge is 2.25. The van der Waals surface area contributed by atoms with E-state index in [0.29, 0.717) is 43.3 Å². The van der Waals surface area contributed by atoms with Crippen LogP contribution in [0.5, 0.6) is 0 Å². The van der Waals surface area contributed by atoms with Crippen molar-refractivity contribution in [1.82, 2.24) is 29.5 Å². The van der Waals surface area contributed by atoms with E-state index in [0.717, 1.165) is 12.1 Å². The van der Waals surface area contributed by atoms with Crippen molar-refractivity contribution in [3.8, 4) is 0 Å². The highest BCUT2D eigenvalue weighted by molar-refractivity contribution is 5.93. The molecule has 0 spiro atoms. The summed E-state index contributed by atoms with van der Waals surface area (Å²) < 4.78 is 6.48. The van der Waals surface area contributed by atoms with E-state index in [4.69, 9.17) is 0 Å². The number of pyridine rings is 1. The van der Waals surface area contributed by atoms with E-state index in [1.54, 1.807) is 22.9 Å². The van der Waals surface area contributed by atoms with E-state index in [9.17, 15) is 9.59 Å². The number of imidazole rings is 1. The molecule has 0 radical (unpaired) electrons. The first-order valence-electron chi connectivity index (χ1n) is 8.90. The lowest BCUT2D eigenvalue weighted by Gasteiger charge is -2.21. The molecule has 0 aromatic carbocycles. The molecule has 1 saturated heterocycles. The maximum absolute atomic E-state index is 12.8. The Balaban J connectivity index is 1.41. The summed E-state index contributed by atoms with van der Waals surface area (Å²) in [5.41, 5.74) is 2.35. The molecular weight excluding hydrogens is 348 g/mol. The second-order valence-corrected chi connectivity index (χ2v) is 6.59. The average Bonchev–Trinajstić information content (AvgIpc) is 3.19. The molecule has 0 saturated carbocycles. The van der Waals surface area contributed by atoms with Gasteiger partial charge in [-0.15, -0.1) is 0 Å². The lowest BCUT2D eigenvalue weighted by atomic mass is 10.2. The van der Waals surface area contributed by atoms with E-state index < -0.39 is 0 Å². The predicted molar refractivity (Wildman–Crippen MR) is 95.0 cm³/mol. The zero-order valence-corrected chi connectivity index (χ0v) is 15.0. The summed E-state index contributed by atoms with van der Waals surface area (Å²) in [5.74, 6) is -0.139. The predicted octanol–water partition coefficient (Wildman–Crippen LogP) is 0.943. The molecule has 2 amide bonds. The van der Waals surface area contributed by atoms with Crippen molar-refractivity contribution in [1.29, 1.82) is 0 Å². The van der Waals surface area contributed by atoms with Crippen LogP contribution < -0.4 is 0 Å². The molecule has 140 valence electrons. The van der Waals surface area contributed by atoms with Gasteiger partial charge in [-0.25, -0.2) is 9.61 Å². The molecule has 0 N–H and O–H groups in total. The number of amides is 2. The third-order valence-corrected chi connectivity index (χ3v) is 4.78. The van der Waals surface area contributed by atoms with Gasteiger partial charge in [0.05, 0.1) is 6.42 Å². The van der Waals surface area contributed by atoms with Gasteiger partial charge < -0.3 is 14.2 Å². The minimum absolute atomic E-state index is 0.0316. The van der Waals surface area contributed by atoms with Crippen LogP contribution >= 0.6 is 0 Å². The van der Waals surface area contributed by atoms with Gasteiger partial charge in [0.15, 0.2) is 0 Å². The Morgan fingerprint density at radius 2 is 1.93 bits per heavy atom. The summed E-state index contributed by atoms with van der Waals surface area (Å²) in [6.45, 7) is 3.94. The van der Waals surface area contributed by atoms with Crippen LogP contribution in [0.1, 0.15) is 28.3 Å². The van der Waals surface area contributed by atoms with Crippen molar-refractivity contribution in [2.45, 2.75) is 19.8 Å². The van der Waals surface area contributed by atoms with Crippen LogP contribution in [0.3, 0.4) is 0 Å². The first kappa shape index (κ1) is 17.2. The number of aryl methyl sites for hydroxylation is 1. The van der Waals surface area contributed by atoms with Crippen molar-refractivity contribution >= 4 is 17.5 Å². The number of hydrogen-bond acceptors (Lipinski definition) is 6. The van der Waals surface area contributed by atoms with Crippen LogP contribution in [0, 0.1) is 6.92 Å². The number of carbonyl (C=O) groups excluding carboxylic acids is 2. The molecule has 0 aliphatic carbocycles. The number of aromatic nitrogens is 4. The number of hydrogen-bond donors (Lipinski definition) is 0. The van der Waals surface area contributed by atoms with E-state index in [1.165, 1.54) is 0 Å². The van der Waals surface area contributed by atoms with Gasteiger partial charge in [0.1, 0.15) is 22.7 Å². The standard InChI is InChI=1S/C18H20N6O3/c1-13-14(21-27-20-13)11-17(25)22-7-4-8-23(10-9-22)18(26)15-12-24-6-3-2-5-16(24)19-15/h2-3,5-6,12H,4,7-11H2,1H3. The molecule has 0 unspecified atom stereocenters. The first-order valence-corrected chi connectivity index (χ1v) is 8.90. The van der Waals surface area contributed by atoms with Crippen LogP contribution in [0.4, 0.5) is 0 Å². The van der Waals surface area contributed by atoms with Gasteiger partial charge in [0, 0.05) is 38.6 Å². The van der Waals surface area contributed by atoms with Gasteiger partial charge in [-0.05, 0) is 25.5 Å². The molecule has 4 heterocycles. The third-order valence-electron chi connectivity index (χ3n) is 4.78. The molecular formula is C18H20N6O3. The Kier molecular flexibility index (Phi) is 4.57. The van der Waals surface area contributed by atoms with Crippen LogP contribution in [0.15, 0.2) is 35.2 Å². The van der Waals surface area contributed by atoms with Crippen molar-refractivity contribution in [2.75, 3.05) is 26.2 Å². The summed E-state index contributed by atoms with van der Waals surface area (Å²) >= 11 is 0. The maximum atomic E-state index is 12.8. The van der Waals surface area contributed by atoms with E-state index in [-0.39, 0.29) is 18.2 Å². The fourth-order valence-corrected chi connectivity index (χ4v) is 3.23. The quantitative estimate of drug-likeness (QED) is 0.683. The van der Waals surface area contributed by atoms with E-state index in [1.807, 2.05) is 28.8 Å². The second-order valence-electron chi connectivity index (χ2n) is 6.59. The highest BCUT2D eigenvalue weighted by Crippen LogP contribution is 2.12. The molecule has 4 rings (SSSR count). The van der Waals surface area contributed by atoms with Gasteiger partial charge in [0.25, 0.3) is 5.91 Å². The van der Waals surface area contributed by atoms with Crippen LogP contribution in [-0.2, 0) is 11.2 Å². The first-order chi connectivity index (χ1) is 13.1. The van der Waals surface area contributed by atoms with Gasteiger partial charge in [-0.1, -0.05) is 16.4 Å². The highest BCUT2D eigenvalue weighted by atomic mass is 16.6. The average molecular weight is 368 g/mol. The molecule has 1 aliphatic rings. The van der Waals surface area contributed by atoms with Gasteiger partial charge in [0.2, 0.25) is 5.91 Å². The molecule has 3 aromatic heterocycles. The van der Waals surface area contributed by atoms with Crippen LogP contribution in [0.25, 0.3) is 5.65 Å². The third kappa shape index (κ3) is 3.53. The fourth-order valence-electron chi connectivity index (χ4n) is 3.23. The summed E-state index contributed by atoms with van der Waals surface area (Å²) in [6, 6.07) is 5.64. The monoisotopic (exact) mass is 368 g/mol. The van der Waals surface area contributed by atoms with Crippen LogP contribution in [0.2, 0.25) is 0 Å². The Morgan fingerprint density at radius 1 is 1.11 bits per heavy atom. The van der Waals surface area contributed by atoms with Crippen molar-refractivity contribution in [2.24, 2.45) is 0 Å². The zero-order valence-electron chi connectivity index (χ0n) is 15.0. The Hall–Kier alpha value is -3.23. The summed E-state index contributed by atoms with van der Waals surface area (Å²) in [4.78, 5) is 33.3. The molecule has 0 atom stereocenters. The number of nitrogens with zero attached hydrogens (tertiary/aromatic N) is 6. The van der Waals surface area contributed by atoms with Crippen molar-refractivity contribution < 1.29 is 14.2 Å². The SMILES string of the molecule is Cc1nonc1CC(=O)N1CCCN(C(=O)c2cn3ccccc3n2)CC1. The fraction of sp³-hybridized carbons (Fsp3) is 0.389. The zero-order chi connectivity index (χ0) is 18.8. The normalized spacial score (nSPS) is 15.1. The Labute approximate surface area is 155 Å². The van der Waals surface area contributed by atoms with Crippen LogP contribution in [-0.4, -0.2) is 67.5 Å². The Morgan fingerprint density at radius 3 is 2.70 bits per heavy atom. The van der Waals surface area contributed by atoms with E-state index in [2.05, 4.69) is 19.9 Å². The summed E-state index contributed by atoms with van der Waals surface area (Å²) in [7, 11) is 0. The van der Waals surface area contributed by atoms with E-state index >= 15 is 0 Å². The Bertz CT molecular complexity index is 945. The topological polar surface area (TPSA) is 96.8 Å². The molecule has 9 nitrogen and oxygen atoms in total. The minimum Gasteiger partial charge on any atom is -0.341 e. The van der Waals surface area contributed by atoms with Gasteiger partial charge >= 0.3 is 0 Å². The van der Waals surface area contributed by atoms with Gasteiger partial charge in [-0.2, -0.15) is 0 Å². The summed E-state index contributed by atoms with van der Waals surface area (Å²) in [5, 5.41) is 7.47. The molecule has 3 aromatic rings. The molecule has 1 aliphatic heterocycles. The summed E-state index contributed by atoms with van der Waals surface area (Å²) in [6.07, 6.45) is 4.49. The van der Waals surface area contributed by atoms with Crippen molar-refractivity contribution in [3.63, 3.8) is 0 Å². The maximum Gasteiger partial charge on any atom is 0.274 e. The molecule has 9 heteroatoms. The molecule has 1 fully saturated rings. The smallest absolute Gasteiger partial charge is 0.274 e. The number of fused-ring (bicyclic) bond motifs is 1. The molecule has 0 bridgehead atoms. The largest absolute Gasteiger partial charge is 0.341 e. The lowest BCUT2D eigenvalue weighted by molar-refractivity contribution is -0.130. The lowest BCUT2D eigenvalue weighted by Crippen LogP contribution is -2.38.